The molecule has 0 saturated carbocycles. The number of ether oxygens (including phenoxy) is 2. The Morgan fingerprint density at radius 1 is 1.17 bits per heavy atom. The fraction of sp³-hybridized carbons (Fsp3) is 0.136. The first-order valence-electron chi connectivity index (χ1n) is 9.10. The Bertz CT molecular complexity index is 1190. The van der Waals surface area contributed by atoms with E-state index in [1.165, 1.54) is 30.5 Å². The molecule has 0 radical (unpaired) electrons. The third-order valence-electron chi connectivity index (χ3n) is 4.74. The van der Waals surface area contributed by atoms with Gasteiger partial charge in [-0.3, -0.25) is 0 Å². The molecule has 7 nitrogen and oxygen atoms in total. The molecular weight excluding hydrogens is 406 g/mol. The fourth-order valence-corrected chi connectivity index (χ4v) is 3.61. The van der Waals surface area contributed by atoms with E-state index in [4.69, 9.17) is 21.1 Å². The summed E-state index contributed by atoms with van der Waals surface area (Å²) in [4.78, 5) is 16.2. The summed E-state index contributed by atoms with van der Waals surface area (Å²) in [7, 11) is 1.19. The smallest absolute Gasteiger partial charge is 0.344 e. The monoisotopic (exact) mass is 423 g/mol. The lowest BCUT2D eigenvalue weighted by atomic mass is 9.93. The van der Waals surface area contributed by atoms with E-state index in [1.807, 2.05) is 42.5 Å². The number of carbonyl (C=O) groups excluding carboxylic acids is 1. The molecule has 1 unspecified atom stereocenters. The van der Waals surface area contributed by atoms with Gasteiger partial charge in [0.05, 0.1) is 18.7 Å². The van der Waals surface area contributed by atoms with E-state index in [1.54, 1.807) is 12.1 Å². The summed E-state index contributed by atoms with van der Waals surface area (Å²) in [6.45, 7) is -0.205. The Hall–Kier alpha value is -3.42. The lowest BCUT2D eigenvalue weighted by Crippen LogP contribution is -2.41. The summed E-state index contributed by atoms with van der Waals surface area (Å²) in [5, 5.41) is 17.2. The van der Waals surface area contributed by atoms with Crippen molar-refractivity contribution in [2.45, 2.75) is 12.1 Å². The van der Waals surface area contributed by atoms with E-state index >= 15 is 0 Å². The van der Waals surface area contributed by atoms with Gasteiger partial charge in [0, 0.05) is 10.9 Å². The summed E-state index contributed by atoms with van der Waals surface area (Å²) >= 11 is 6.45. The maximum atomic E-state index is 12.4. The van der Waals surface area contributed by atoms with Crippen LogP contribution >= 0.6 is 11.6 Å². The van der Waals surface area contributed by atoms with Gasteiger partial charge in [-0.2, -0.15) is 5.10 Å². The van der Waals surface area contributed by atoms with Crippen LogP contribution in [0.15, 0.2) is 73.3 Å². The number of aliphatic hydroxyl groups is 1. The van der Waals surface area contributed by atoms with Gasteiger partial charge >= 0.3 is 5.97 Å². The highest BCUT2D eigenvalue weighted by atomic mass is 35.5. The van der Waals surface area contributed by atoms with Crippen LogP contribution in [-0.2, 0) is 21.7 Å². The van der Waals surface area contributed by atoms with Crippen LogP contribution in [0.2, 0.25) is 5.02 Å². The molecule has 0 aliphatic carbocycles. The Morgan fingerprint density at radius 3 is 2.70 bits per heavy atom. The first-order chi connectivity index (χ1) is 14.5. The van der Waals surface area contributed by atoms with Crippen LogP contribution in [0.1, 0.15) is 5.56 Å². The second-order valence-electron chi connectivity index (χ2n) is 6.67. The molecule has 1 atom stereocenters. The lowest BCUT2D eigenvalue weighted by Gasteiger charge is -2.26. The number of rotatable bonds is 6. The second kappa shape index (κ2) is 8.14. The Balaban J connectivity index is 1.68. The van der Waals surface area contributed by atoms with Gasteiger partial charge in [-0.25, -0.2) is 14.5 Å². The van der Waals surface area contributed by atoms with Crippen molar-refractivity contribution in [2.24, 2.45) is 0 Å². The number of methoxy groups -OCH3 is 1. The SMILES string of the molecule is COC(=O)C(O)(Cn1cncn1)c1ccc(Oc2cccc3ccccc23)cc1Cl. The minimum Gasteiger partial charge on any atom is -0.467 e. The molecule has 0 bridgehead atoms. The largest absolute Gasteiger partial charge is 0.467 e. The van der Waals surface area contributed by atoms with Crippen LogP contribution in [0.25, 0.3) is 10.8 Å². The van der Waals surface area contributed by atoms with Gasteiger partial charge in [0.1, 0.15) is 24.2 Å². The maximum absolute atomic E-state index is 12.4. The predicted molar refractivity (Wildman–Crippen MR) is 111 cm³/mol. The normalized spacial score (nSPS) is 13.0. The summed E-state index contributed by atoms with van der Waals surface area (Å²) in [6.07, 6.45) is 2.69. The molecule has 0 spiro atoms. The average Bonchev–Trinajstić information content (AvgIpc) is 3.26. The summed E-state index contributed by atoms with van der Waals surface area (Å²) in [5.74, 6) is 0.276. The number of hydrogen-bond donors (Lipinski definition) is 1. The maximum Gasteiger partial charge on any atom is 0.344 e. The standard InChI is InChI=1S/C22H18ClN3O4/c1-29-21(27)22(28,12-26-14-24-13-25-26)18-10-9-16(11-19(18)23)30-20-8-4-6-15-5-2-3-7-17(15)20/h2-11,13-14,28H,12H2,1H3. The van der Waals surface area contributed by atoms with Crippen molar-refractivity contribution in [3.63, 3.8) is 0 Å². The van der Waals surface area contributed by atoms with E-state index < -0.39 is 11.6 Å². The number of fused-ring (bicyclic) bond motifs is 1. The van der Waals surface area contributed by atoms with Gasteiger partial charge < -0.3 is 14.6 Å². The van der Waals surface area contributed by atoms with E-state index in [2.05, 4.69) is 10.1 Å². The predicted octanol–water partition coefficient (Wildman–Crippen LogP) is 3.94. The molecule has 0 saturated heterocycles. The van der Waals surface area contributed by atoms with E-state index in [0.29, 0.717) is 11.5 Å². The van der Waals surface area contributed by atoms with Gasteiger partial charge in [-0.05, 0) is 23.6 Å². The third-order valence-corrected chi connectivity index (χ3v) is 5.06. The molecular formula is C22H18ClN3O4. The number of nitrogens with zero attached hydrogens (tertiary/aromatic N) is 3. The van der Waals surface area contributed by atoms with Crippen LogP contribution in [0.3, 0.4) is 0 Å². The molecule has 4 rings (SSSR count). The first-order valence-corrected chi connectivity index (χ1v) is 9.48. The van der Waals surface area contributed by atoms with Gasteiger partial charge in [-0.1, -0.05) is 54.1 Å². The number of benzene rings is 3. The molecule has 0 amide bonds. The third kappa shape index (κ3) is 3.72. The zero-order chi connectivity index (χ0) is 21.1. The minimum absolute atomic E-state index is 0.153. The molecule has 1 heterocycles. The van der Waals surface area contributed by atoms with Crippen molar-refractivity contribution in [2.75, 3.05) is 7.11 Å². The Labute approximate surface area is 177 Å². The average molecular weight is 424 g/mol. The topological polar surface area (TPSA) is 86.5 Å². The van der Waals surface area contributed by atoms with E-state index in [-0.39, 0.29) is 17.1 Å². The highest BCUT2D eigenvalue weighted by molar-refractivity contribution is 6.31. The van der Waals surface area contributed by atoms with E-state index in [9.17, 15) is 9.90 Å². The molecule has 3 aromatic carbocycles. The van der Waals surface area contributed by atoms with Gasteiger partial charge in [0.2, 0.25) is 5.60 Å². The number of halogens is 1. The Morgan fingerprint density at radius 2 is 1.97 bits per heavy atom. The first kappa shape index (κ1) is 19.9. The number of esters is 1. The van der Waals surface area contributed by atoms with Gasteiger partial charge in [0.15, 0.2) is 0 Å². The lowest BCUT2D eigenvalue weighted by molar-refractivity contribution is -0.165. The summed E-state index contributed by atoms with van der Waals surface area (Å²) in [6, 6.07) is 18.4. The summed E-state index contributed by atoms with van der Waals surface area (Å²) < 4.78 is 12.2. The number of carbonyl (C=O) groups is 1. The van der Waals surface area contributed by atoms with Crippen LogP contribution in [0, 0.1) is 0 Å². The highest BCUT2D eigenvalue weighted by Crippen LogP contribution is 2.36. The van der Waals surface area contributed by atoms with Gasteiger partial charge in [-0.15, -0.1) is 0 Å². The zero-order valence-corrected chi connectivity index (χ0v) is 16.8. The van der Waals surface area contributed by atoms with Crippen LogP contribution in [0.5, 0.6) is 11.5 Å². The molecule has 0 fully saturated rings. The molecule has 0 aliphatic heterocycles. The number of hydrogen-bond acceptors (Lipinski definition) is 6. The molecule has 0 aliphatic rings. The number of aromatic nitrogens is 3. The fourth-order valence-electron chi connectivity index (χ4n) is 3.28. The van der Waals surface area contributed by atoms with Crippen LogP contribution < -0.4 is 4.74 Å². The highest BCUT2D eigenvalue weighted by Gasteiger charge is 2.42. The van der Waals surface area contributed by atoms with Crippen molar-refractivity contribution in [1.29, 1.82) is 0 Å². The zero-order valence-electron chi connectivity index (χ0n) is 16.0. The quantitative estimate of drug-likeness (QED) is 0.473. The molecule has 1 N–H and O–H groups in total. The van der Waals surface area contributed by atoms with Crippen LogP contribution in [-0.4, -0.2) is 33.0 Å². The molecule has 152 valence electrons. The van der Waals surface area contributed by atoms with Crippen molar-refractivity contribution in [3.8, 4) is 11.5 Å². The minimum atomic E-state index is -2.04. The van der Waals surface area contributed by atoms with Crippen molar-refractivity contribution in [3.05, 3.63) is 83.9 Å². The molecule has 8 heteroatoms. The van der Waals surface area contributed by atoms with Crippen molar-refractivity contribution < 1.29 is 19.4 Å². The van der Waals surface area contributed by atoms with Crippen LogP contribution in [0.4, 0.5) is 0 Å². The second-order valence-corrected chi connectivity index (χ2v) is 7.07. The van der Waals surface area contributed by atoms with E-state index in [0.717, 1.165) is 10.8 Å². The molecule has 30 heavy (non-hydrogen) atoms. The molecule has 1 aromatic heterocycles. The van der Waals surface area contributed by atoms with Crippen molar-refractivity contribution in [1.82, 2.24) is 14.8 Å². The summed E-state index contributed by atoms with van der Waals surface area (Å²) in [5.41, 5.74) is -1.87. The molecule has 4 aromatic rings. The Kier molecular flexibility index (Phi) is 5.39. The van der Waals surface area contributed by atoms with Gasteiger partial charge in [0.25, 0.3) is 0 Å². The van der Waals surface area contributed by atoms with Crippen molar-refractivity contribution >= 4 is 28.3 Å².